The number of nitrogens with one attached hydrogen (secondary N) is 2. The van der Waals surface area contributed by atoms with Gasteiger partial charge in [-0.2, -0.15) is 0 Å². The molecule has 0 aromatic carbocycles. The third-order valence-corrected chi connectivity index (χ3v) is 4.77. The lowest BCUT2D eigenvalue weighted by Crippen LogP contribution is -2.40. The van der Waals surface area contributed by atoms with Crippen LogP contribution in [0.25, 0.3) is 0 Å². The van der Waals surface area contributed by atoms with Crippen LogP contribution in [0.5, 0.6) is 0 Å². The van der Waals surface area contributed by atoms with Crippen LogP contribution in [-0.2, 0) is 0 Å². The largest absolute Gasteiger partial charge is 0.317 e. The molecule has 3 heteroatoms. The van der Waals surface area contributed by atoms with Gasteiger partial charge in [0.25, 0.3) is 0 Å². The third kappa shape index (κ3) is 1.85. The molecule has 2 N–H and O–H groups in total. The highest BCUT2D eigenvalue weighted by Gasteiger charge is 2.39. The Bertz CT molecular complexity index is 400. The normalized spacial score (nSPS) is 26.4. The van der Waals surface area contributed by atoms with E-state index in [-0.39, 0.29) is 0 Å². The molecular formula is C15H25N3. The van der Waals surface area contributed by atoms with Crippen LogP contribution in [0.15, 0.2) is 23.0 Å². The van der Waals surface area contributed by atoms with Crippen molar-refractivity contribution in [3.63, 3.8) is 0 Å². The lowest BCUT2D eigenvalue weighted by atomic mass is 9.68. The van der Waals surface area contributed by atoms with Crippen molar-refractivity contribution >= 4 is 0 Å². The van der Waals surface area contributed by atoms with Gasteiger partial charge in [0.2, 0.25) is 0 Å². The Morgan fingerprint density at radius 3 is 2.67 bits per heavy atom. The Balaban J connectivity index is 1.88. The maximum Gasteiger partial charge on any atom is 0.0585 e. The van der Waals surface area contributed by atoms with Crippen LogP contribution in [0.3, 0.4) is 0 Å². The van der Waals surface area contributed by atoms with Crippen LogP contribution in [-0.4, -0.2) is 24.1 Å². The lowest BCUT2D eigenvalue weighted by Gasteiger charge is -2.41. The average Bonchev–Trinajstić information content (AvgIpc) is 2.68. The summed E-state index contributed by atoms with van der Waals surface area (Å²) in [5.41, 5.74) is 8.47. The summed E-state index contributed by atoms with van der Waals surface area (Å²) in [6.07, 6.45) is 7.66. The number of nitrogens with zero attached hydrogens (tertiary/aromatic N) is 1. The fraction of sp³-hybridized carbons (Fsp3) is 0.733. The van der Waals surface area contributed by atoms with Crippen LogP contribution >= 0.6 is 0 Å². The number of fused-ring (bicyclic) bond motifs is 1. The Kier molecular flexibility index (Phi) is 2.89. The maximum absolute atomic E-state index is 3.55. The molecule has 2 heterocycles. The Hall–Kier alpha value is -0.960. The first-order valence-electron chi connectivity index (χ1n) is 7.28. The highest BCUT2D eigenvalue weighted by Crippen LogP contribution is 2.47. The van der Waals surface area contributed by atoms with E-state index in [0.29, 0.717) is 11.5 Å². The fourth-order valence-corrected chi connectivity index (χ4v) is 3.60. The zero-order valence-electron chi connectivity index (χ0n) is 11.8. The molecule has 3 aliphatic rings. The van der Waals surface area contributed by atoms with Crippen LogP contribution in [0, 0.1) is 5.41 Å². The third-order valence-electron chi connectivity index (χ3n) is 4.77. The Labute approximate surface area is 110 Å². The van der Waals surface area contributed by atoms with Crippen molar-refractivity contribution in [2.75, 3.05) is 13.1 Å². The number of rotatable bonds is 1. The highest BCUT2D eigenvalue weighted by atomic mass is 15.5. The van der Waals surface area contributed by atoms with E-state index in [4.69, 9.17) is 0 Å². The second-order valence-electron chi connectivity index (χ2n) is 6.40. The monoisotopic (exact) mass is 247 g/mol. The highest BCUT2D eigenvalue weighted by molar-refractivity contribution is 5.41. The molecule has 3 nitrogen and oxygen atoms in total. The smallest absolute Gasteiger partial charge is 0.0585 e. The van der Waals surface area contributed by atoms with Gasteiger partial charge in [-0.3, -0.25) is 5.01 Å². The van der Waals surface area contributed by atoms with Gasteiger partial charge in [0.15, 0.2) is 0 Å². The molecule has 0 aromatic rings. The standard InChI is InChI=1S/C15H25N3/c1-11(2)18-14-4-5-15(6-8-16-9-7-15)10-13(14)12(3)17-18/h4,11,16-17H,5-10H2,1-3H3. The maximum atomic E-state index is 3.55. The minimum Gasteiger partial charge on any atom is -0.317 e. The van der Waals surface area contributed by atoms with Gasteiger partial charge < -0.3 is 10.7 Å². The predicted octanol–water partition coefficient (Wildman–Crippen LogP) is 2.54. The average molecular weight is 247 g/mol. The second-order valence-corrected chi connectivity index (χ2v) is 6.40. The van der Waals surface area contributed by atoms with Gasteiger partial charge >= 0.3 is 0 Å². The van der Waals surface area contributed by atoms with Gasteiger partial charge in [-0.05, 0) is 70.5 Å². The molecule has 1 fully saturated rings. The molecule has 0 atom stereocenters. The lowest BCUT2D eigenvalue weighted by molar-refractivity contribution is 0.186. The molecule has 18 heavy (non-hydrogen) atoms. The summed E-state index contributed by atoms with van der Waals surface area (Å²) in [5.74, 6) is 0. The van der Waals surface area contributed by atoms with E-state index in [0.717, 1.165) is 0 Å². The Morgan fingerprint density at radius 2 is 2.00 bits per heavy atom. The second kappa shape index (κ2) is 4.30. The van der Waals surface area contributed by atoms with Crippen molar-refractivity contribution in [1.82, 2.24) is 15.8 Å². The van der Waals surface area contributed by atoms with E-state index < -0.39 is 0 Å². The summed E-state index contributed by atoms with van der Waals surface area (Å²) in [5, 5.41) is 5.82. The van der Waals surface area contributed by atoms with Gasteiger partial charge in [0, 0.05) is 11.7 Å². The first kappa shape index (κ1) is 12.1. The summed E-state index contributed by atoms with van der Waals surface area (Å²) in [6.45, 7) is 9.11. The van der Waals surface area contributed by atoms with E-state index in [1.807, 2.05) is 0 Å². The van der Waals surface area contributed by atoms with Crippen LogP contribution < -0.4 is 10.7 Å². The summed E-state index contributed by atoms with van der Waals surface area (Å²) < 4.78 is 0. The number of allylic oxidation sites excluding steroid dienone is 3. The van der Waals surface area contributed by atoms with Gasteiger partial charge in [0.05, 0.1) is 5.70 Å². The summed E-state index contributed by atoms with van der Waals surface area (Å²) in [6, 6.07) is 0.519. The molecule has 3 rings (SSSR count). The molecule has 0 saturated carbocycles. The summed E-state index contributed by atoms with van der Waals surface area (Å²) >= 11 is 0. The van der Waals surface area contributed by atoms with Crippen molar-refractivity contribution in [3.05, 3.63) is 23.0 Å². The summed E-state index contributed by atoms with van der Waals surface area (Å²) in [4.78, 5) is 0. The number of piperidine rings is 1. The zero-order chi connectivity index (χ0) is 12.8. The quantitative estimate of drug-likeness (QED) is 0.745. The molecule has 0 radical (unpaired) electrons. The van der Waals surface area contributed by atoms with Gasteiger partial charge in [-0.1, -0.05) is 6.08 Å². The Morgan fingerprint density at radius 1 is 1.28 bits per heavy atom. The predicted molar refractivity (Wildman–Crippen MR) is 74.7 cm³/mol. The zero-order valence-corrected chi connectivity index (χ0v) is 11.8. The summed E-state index contributed by atoms with van der Waals surface area (Å²) in [7, 11) is 0. The van der Waals surface area contributed by atoms with E-state index >= 15 is 0 Å². The van der Waals surface area contributed by atoms with Gasteiger partial charge in [0.1, 0.15) is 0 Å². The molecule has 100 valence electrons. The fourth-order valence-electron chi connectivity index (χ4n) is 3.60. The van der Waals surface area contributed by atoms with Crippen molar-refractivity contribution < 1.29 is 0 Å². The molecule has 2 aliphatic heterocycles. The van der Waals surface area contributed by atoms with Crippen molar-refractivity contribution in [2.45, 2.75) is 52.5 Å². The minimum atomic E-state index is 0.519. The topological polar surface area (TPSA) is 27.3 Å². The first-order valence-corrected chi connectivity index (χ1v) is 7.28. The number of hydrazine groups is 1. The van der Waals surface area contributed by atoms with E-state index in [1.165, 1.54) is 50.2 Å². The van der Waals surface area contributed by atoms with Crippen molar-refractivity contribution in [1.29, 1.82) is 0 Å². The van der Waals surface area contributed by atoms with Gasteiger partial charge in [-0.25, -0.2) is 0 Å². The minimum absolute atomic E-state index is 0.519. The molecule has 1 aliphatic carbocycles. The molecule has 1 saturated heterocycles. The van der Waals surface area contributed by atoms with E-state index in [9.17, 15) is 0 Å². The van der Waals surface area contributed by atoms with Crippen molar-refractivity contribution in [2.24, 2.45) is 5.41 Å². The molecule has 0 aromatic heterocycles. The molecular weight excluding hydrogens is 222 g/mol. The van der Waals surface area contributed by atoms with Crippen molar-refractivity contribution in [3.8, 4) is 0 Å². The molecule has 0 unspecified atom stereocenters. The van der Waals surface area contributed by atoms with Gasteiger partial charge in [-0.15, -0.1) is 0 Å². The van der Waals surface area contributed by atoms with E-state index in [2.05, 4.69) is 42.6 Å². The molecule has 0 amide bonds. The molecule has 1 spiro atoms. The SMILES string of the molecule is CC1=C2CC3(CC=C2N(C(C)C)N1)CCNCC3. The first-order chi connectivity index (χ1) is 8.61. The van der Waals surface area contributed by atoms with Crippen LogP contribution in [0.1, 0.15) is 46.5 Å². The van der Waals surface area contributed by atoms with Crippen LogP contribution in [0.4, 0.5) is 0 Å². The van der Waals surface area contributed by atoms with E-state index in [1.54, 1.807) is 5.57 Å². The molecule has 0 bridgehead atoms. The number of hydrogen-bond donors (Lipinski definition) is 2. The van der Waals surface area contributed by atoms with Crippen LogP contribution in [0.2, 0.25) is 0 Å². The number of hydrogen-bond acceptors (Lipinski definition) is 3.